The van der Waals surface area contributed by atoms with Crippen molar-refractivity contribution in [2.24, 2.45) is 11.5 Å². The van der Waals surface area contributed by atoms with Gasteiger partial charge in [0.25, 0.3) is 11.6 Å². The largest absolute Gasteiger partial charge is 0.492 e. The van der Waals surface area contributed by atoms with Crippen LogP contribution < -0.4 is 32.2 Å². The quantitative estimate of drug-likeness (QED) is 0.0870. The molecule has 3 atom stereocenters. The number of carboxylic acid groups (broad SMARTS) is 1. The lowest BCUT2D eigenvalue weighted by atomic mass is 10.0. The molecule has 1 heterocycles. The first-order chi connectivity index (χ1) is 17.9. The number of nitrogens with zero attached hydrogens (tertiary/aromatic N) is 1. The number of aliphatic carboxylic acids is 1. The van der Waals surface area contributed by atoms with Crippen molar-refractivity contribution in [2.75, 3.05) is 13.2 Å². The molecular weight excluding hydrogens is 619 g/mol. The van der Waals surface area contributed by atoms with E-state index in [1.165, 1.54) is 6.07 Å². The number of rotatable bonds is 9. The molecule has 0 saturated heterocycles. The van der Waals surface area contributed by atoms with E-state index in [1.807, 2.05) is 0 Å². The number of nitro benzene ring substituents is 1. The Morgan fingerprint density at radius 2 is 1.76 bits per heavy atom. The van der Waals surface area contributed by atoms with Crippen molar-refractivity contribution in [1.29, 1.82) is 0 Å². The molecule has 0 unspecified atom stereocenters. The first kappa shape index (κ1) is 30.7. The number of carbonyl (C=O) groups is 5. The fourth-order valence-electron chi connectivity index (χ4n) is 3.64. The number of halogens is 1. The molecule has 8 N–H and O–H groups in total. The standard InChI is InChI=1S/C22H29IN6O9/c23-13-10-11(29(36)37)9-12-18(13)38-8-6-14(19(25)32)26-21(34)15(3-1-2-7-24)28-22(35)16(27-20(12)33)4-5-17(30)31/h9-10,14-16H,1-8,24H2,(H2,25,32)(H,26,34)(H,27,33)(H,28,35)(H,30,31)/t14-,15-,16-/m0/s1. The summed E-state index contributed by atoms with van der Waals surface area (Å²) in [4.78, 5) is 73.2. The van der Waals surface area contributed by atoms with Gasteiger partial charge in [-0.25, -0.2) is 0 Å². The summed E-state index contributed by atoms with van der Waals surface area (Å²) < 4.78 is 5.89. The van der Waals surface area contributed by atoms with Gasteiger partial charge in [0.05, 0.1) is 20.7 Å². The average Bonchev–Trinajstić information content (AvgIpc) is 2.84. The molecule has 15 nitrogen and oxygen atoms in total. The summed E-state index contributed by atoms with van der Waals surface area (Å²) in [7, 11) is 0. The fourth-order valence-corrected chi connectivity index (χ4v) is 4.41. The number of benzene rings is 1. The molecule has 0 radical (unpaired) electrons. The molecule has 0 saturated carbocycles. The van der Waals surface area contributed by atoms with Gasteiger partial charge in [-0.3, -0.25) is 34.1 Å². The number of amides is 4. The third kappa shape index (κ3) is 8.79. The van der Waals surface area contributed by atoms with Crippen molar-refractivity contribution >= 4 is 57.9 Å². The lowest BCUT2D eigenvalue weighted by Gasteiger charge is -2.26. The minimum Gasteiger partial charge on any atom is -0.492 e. The molecule has 4 amide bonds. The first-order valence-electron chi connectivity index (χ1n) is 11.7. The number of nitrogens with one attached hydrogen (secondary N) is 3. The number of fused-ring (bicyclic) bond motifs is 1. The summed E-state index contributed by atoms with van der Waals surface area (Å²) in [5.41, 5.74) is 10.3. The van der Waals surface area contributed by atoms with Gasteiger partial charge in [0.1, 0.15) is 23.9 Å². The zero-order chi connectivity index (χ0) is 28.4. The van der Waals surface area contributed by atoms with Gasteiger partial charge >= 0.3 is 5.97 Å². The second kappa shape index (κ2) is 14.4. The van der Waals surface area contributed by atoms with Crippen LogP contribution in [0.2, 0.25) is 0 Å². The van der Waals surface area contributed by atoms with E-state index in [9.17, 15) is 34.1 Å². The topological polar surface area (TPSA) is 246 Å². The minimum atomic E-state index is -1.41. The van der Waals surface area contributed by atoms with Crippen molar-refractivity contribution in [3.8, 4) is 5.75 Å². The van der Waals surface area contributed by atoms with Crippen LogP contribution in [-0.2, 0) is 19.2 Å². The summed E-state index contributed by atoms with van der Waals surface area (Å²) in [6.45, 7) is 0.139. The molecule has 1 aromatic rings. The van der Waals surface area contributed by atoms with Gasteiger partial charge < -0.3 is 37.3 Å². The second-order valence-electron chi connectivity index (χ2n) is 8.47. The number of hydrogen-bond donors (Lipinski definition) is 6. The Labute approximate surface area is 230 Å². The van der Waals surface area contributed by atoms with Gasteiger partial charge in [0.2, 0.25) is 17.7 Å². The van der Waals surface area contributed by atoms with Crippen LogP contribution in [0.4, 0.5) is 5.69 Å². The highest BCUT2D eigenvalue weighted by atomic mass is 127. The SMILES string of the molecule is NCCCC[C@@H]1NC(=O)[C@H](CCC(=O)O)NC(=O)c2cc([N+](=O)[O-])cc(I)c2OCC[C@@H](C(N)=O)NC1=O. The second-order valence-corrected chi connectivity index (χ2v) is 9.63. The van der Waals surface area contributed by atoms with Crippen molar-refractivity contribution in [1.82, 2.24) is 16.0 Å². The monoisotopic (exact) mass is 648 g/mol. The number of hydrogen-bond acceptors (Lipinski definition) is 9. The highest BCUT2D eigenvalue weighted by Gasteiger charge is 2.31. The molecule has 0 spiro atoms. The summed E-state index contributed by atoms with van der Waals surface area (Å²) in [5.74, 6) is -4.65. The number of non-ortho nitro benzene ring substituents is 1. The molecule has 0 fully saturated rings. The Balaban J connectivity index is 2.54. The zero-order valence-electron chi connectivity index (χ0n) is 20.2. The number of primary amides is 1. The van der Waals surface area contributed by atoms with Crippen LogP contribution in [0.5, 0.6) is 5.75 Å². The maximum Gasteiger partial charge on any atom is 0.303 e. The van der Waals surface area contributed by atoms with Gasteiger partial charge in [-0.05, 0) is 54.8 Å². The molecular formula is C22H29IN6O9. The fraction of sp³-hybridized carbons (Fsp3) is 0.500. The Morgan fingerprint density at radius 1 is 1.11 bits per heavy atom. The van der Waals surface area contributed by atoms with Gasteiger partial charge in [-0.1, -0.05) is 0 Å². The van der Waals surface area contributed by atoms with Gasteiger partial charge in [0.15, 0.2) is 0 Å². The third-order valence-electron chi connectivity index (χ3n) is 5.65. The Hall–Kier alpha value is -3.54. The number of carboxylic acids is 1. The summed E-state index contributed by atoms with van der Waals surface area (Å²) >= 11 is 1.73. The van der Waals surface area contributed by atoms with E-state index in [1.54, 1.807) is 22.6 Å². The summed E-state index contributed by atoms with van der Waals surface area (Å²) in [6.07, 6.45) is 0.197. The van der Waals surface area contributed by atoms with Gasteiger partial charge in [-0.2, -0.15) is 0 Å². The van der Waals surface area contributed by atoms with E-state index in [-0.39, 0.29) is 40.8 Å². The van der Waals surface area contributed by atoms with E-state index >= 15 is 0 Å². The predicted octanol–water partition coefficient (Wildman–Crippen LogP) is -0.471. The molecule has 208 valence electrons. The van der Waals surface area contributed by atoms with Crippen LogP contribution in [0.25, 0.3) is 0 Å². The molecule has 1 aliphatic rings. The van der Waals surface area contributed by atoms with Crippen LogP contribution in [0, 0.1) is 13.7 Å². The van der Waals surface area contributed by atoms with Crippen molar-refractivity contribution in [3.63, 3.8) is 0 Å². The van der Waals surface area contributed by atoms with Crippen molar-refractivity contribution < 1.29 is 38.7 Å². The first-order valence-corrected chi connectivity index (χ1v) is 12.8. The van der Waals surface area contributed by atoms with Crippen LogP contribution in [0.1, 0.15) is 48.9 Å². The van der Waals surface area contributed by atoms with E-state index in [2.05, 4.69) is 16.0 Å². The van der Waals surface area contributed by atoms with E-state index < -0.39 is 64.8 Å². The smallest absolute Gasteiger partial charge is 0.303 e. The maximum atomic E-state index is 13.2. The molecule has 0 bridgehead atoms. The predicted molar refractivity (Wildman–Crippen MR) is 140 cm³/mol. The molecule has 1 aliphatic heterocycles. The van der Waals surface area contributed by atoms with Crippen LogP contribution in [0.3, 0.4) is 0 Å². The van der Waals surface area contributed by atoms with Crippen LogP contribution >= 0.6 is 22.6 Å². The van der Waals surface area contributed by atoms with Gasteiger partial charge in [0, 0.05) is 25.0 Å². The molecule has 0 aliphatic carbocycles. The van der Waals surface area contributed by atoms with Crippen molar-refractivity contribution in [3.05, 3.63) is 31.4 Å². The van der Waals surface area contributed by atoms with Crippen molar-refractivity contribution in [2.45, 2.75) is 56.7 Å². The zero-order valence-corrected chi connectivity index (χ0v) is 22.4. The number of ether oxygens (including phenoxy) is 1. The third-order valence-corrected chi connectivity index (χ3v) is 6.45. The lowest BCUT2D eigenvalue weighted by molar-refractivity contribution is -0.385. The lowest BCUT2D eigenvalue weighted by Crippen LogP contribution is -2.56. The number of carbonyl (C=O) groups excluding carboxylic acids is 4. The molecule has 0 aromatic heterocycles. The molecule has 16 heteroatoms. The Kier molecular flexibility index (Phi) is 11.6. The minimum absolute atomic E-state index is 0.0580. The maximum absolute atomic E-state index is 13.2. The average molecular weight is 648 g/mol. The highest BCUT2D eigenvalue weighted by molar-refractivity contribution is 14.1. The Morgan fingerprint density at radius 3 is 2.37 bits per heavy atom. The van der Waals surface area contributed by atoms with E-state index in [0.29, 0.717) is 19.4 Å². The Bertz CT molecular complexity index is 1100. The summed E-state index contributed by atoms with van der Waals surface area (Å²) in [5, 5.41) is 27.9. The molecule has 1 aromatic carbocycles. The highest BCUT2D eigenvalue weighted by Crippen LogP contribution is 2.31. The van der Waals surface area contributed by atoms with E-state index in [0.717, 1.165) is 6.07 Å². The van der Waals surface area contributed by atoms with Crippen LogP contribution in [-0.4, -0.2) is 70.9 Å². The molecule has 38 heavy (non-hydrogen) atoms. The summed E-state index contributed by atoms with van der Waals surface area (Å²) in [6, 6.07) is -1.60. The van der Waals surface area contributed by atoms with Gasteiger partial charge in [-0.15, -0.1) is 0 Å². The molecule has 2 rings (SSSR count). The van der Waals surface area contributed by atoms with E-state index in [4.69, 9.17) is 21.3 Å². The normalized spacial score (nSPS) is 20.6. The van der Waals surface area contributed by atoms with Crippen LogP contribution in [0.15, 0.2) is 12.1 Å². The number of unbranched alkanes of at least 4 members (excludes halogenated alkanes) is 1. The number of nitrogens with two attached hydrogens (primary N) is 2. The number of nitro groups is 1.